The summed E-state index contributed by atoms with van der Waals surface area (Å²) >= 11 is 0. The lowest BCUT2D eigenvalue weighted by atomic mass is 10.0. The van der Waals surface area contributed by atoms with Crippen LogP contribution in [-0.2, 0) is 9.53 Å². The van der Waals surface area contributed by atoms with Gasteiger partial charge in [0.2, 0.25) is 0 Å². The molecule has 0 saturated heterocycles. The highest BCUT2D eigenvalue weighted by Gasteiger charge is 2.36. The molecule has 7 heteroatoms. The van der Waals surface area contributed by atoms with Gasteiger partial charge in [-0.05, 0) is 37.1 Å². The molecule has 2 aromatic carbocycles. The second-order valence-electron chi connectivity index (χ2n) is 7.24. The molecule has 29 heavy (non-hydrogen) atoms. The Labute approximate surface area is 168 Å². The number of hydrogen-bond acceptors (Lipinski definition) is 5. The number of imide groups is 1. The van der Waals surface area contributed by atoms with E-state index >= 15 is 0 Å². The molecular weight excluding hydrogens is 372 g/mol. The zero-order valence-electron chi connectivity index (χ0n) is 16.5. The van der Waals surface area contributed by atoms with Gasteiger partial charge in [-0.15, -0.1) is 0 Å². The maximum atomic E-state index is 12.6. The molecular formula is C22H22N2O5. The first-order chi connectivity index (χ1) is 13.8. The molecule has 1 heterocycles. The Hall–Kier alpha value is -3.48. The Balaban J connectivity index is 1.66. The SMILES string of the molecule is Cc1cccc(C(=O)N[C@H](C(=O)OCN2C(=O)c3ccccc3C2=O)C(C)C)c1. The molecule has 0 bridgehead atoms. The van der Waals surface area contributed by atoms with Crippen LogP contribution in [0.5, 0.6) is 0 Å². The van der Waals surface area contributed by atoms with Gasteiger partial charge in [-0.25, -0.2) is 9.69 Å². The van der Waals surface area contributed by atoms with E-state index in [4.69, 9.17) is 4.74 Å². The van der Waals surface area contributed by atoms with Crippen molar-refractivity contribution >= 4 is 23.7 Å². The van der Waals surface area contributed by atoms with Crippen LogP contribution >= 0.6 is 0 Å². The summed E-state index contributed by atoms with van der Waals surface area (Å²) in [5, 5.41) is 2.67. The average Bonchev–Trinajstić information content (AvgIpc) is 2.94. The van der Waals surface area contributed by atoms with E-state index in [0.29, 0.717) is 5.56 Å². The van der Waals surface area contributed by atoms with Crippen molar-refractivity contribution in [3.8, 4) is 0 Å². The third kappa shape index (κ3) is 4.18. The third-order valence-electron chi connectivity index (χ3n) is 4.70. The van der Waals surface area contributed by atoms with Gasteiger partial charge in [0, 0.05) is 5.56 Å². The Morgan fingerprint density at radius 3 is 2.17 bits per heavy atom. The van der Waals surface area contributed by atoms with Gasteiger partial charge in [0.1, 0.15) is 6.04 Å². The molecule has 1 aliphatic rings. The number of ether oxygens (including phenoxy) is 1. The summed E-state index contributed by atoms with van der Waals surface area (Å²) in [6.45, 7) is 4.90. The lowest BCUT2D eigenvalue weighted by Gasteiger charge is -2.22. The monoisotopic (exact) mass is 394 g/mol. The summed E-state index contributed by atoms with van der Waals surface area (Å²) in [5.74, 6) is -2.38. The van der Waals surface area contributed by atoms with Gasteiger partial charge < -0.3 is 10.1 Å². The van der Waals surface area contributed by atoms with Crippen LogP contribution in [0.1, 0.15) is 50.5 Å². The molecule has 3 amide bonds. The maximum Gasteiger partial charge on any atom is 0.330 e. The van der Waals surface area contributed by atoms with Crippen molar-refractivity contribution in [2.45, 2.75) is 26.8 Å². The van der Waals surface area contributed by atoms with Gasteiger partial charge in [0.25, 0.3) is 17.7 Å². The number of esters is 1. The zero-order valence-corrected chi connectivity index (χ0v) is 16.5. The van der Waals surface area contributed by atoms with Crippen molar-refractivity contribution in [1.29, 1.82) is 0 Å². The largest absolute Gasteiger partial charge is 0.442 e. The van der Waals surface area contributed by atoms with Gasteiger partial charge in [0.15, 0.2) is 6.73 Å². The number of fused-ring (bicyclic) bond motifs is 1. The highest BCUT2D eigenvalue weighted by atomic mass is 16.5. The molecule has 0 aliphatic carbocycles. The van der Waals surface area contributed by atoms with Crippen LogP contribution in [0.25, 0.3) is 0 Å². The molecule has 0 radical (unpaired) electrons. The Kier molecular flexibility index (Phi) is 5.77. The number of carbonyl (C=O) groups is 4. The van der Waals surface area contributed by atoms with Gasteiger partial charge in [-0.1, -0.05) is 43.7 Å². The molecule has 2 aromatic rings. The van der Waals surface area contributed by atoms with Crippen LogP contribution in [0, 0.1) is 12.8 Å². The number of carbonyl (C=O) groups excluding carboxylic acids is 4. The Bertz CT molecular complexity index is 948. The highest BCUT2D eigenvalue weighted by Crippen LogP contribution is 2.22. The fraction of sp³-hybridized carbons (Fsp3) is 0.273. The van der Waals surface area contributed by atoms with Crippen LogP contribution in [-0.4, -0.2) is 41.4 Å². The predicted octanol–water partition coefficient (Wildman–Crippen LogP) is 2.55. The van der Waals surface area contributed by atoms with Crippen LogP contribution < -0.4 is 5.32 Å². The minimum atomic E-state index is -0.918. The molecule has 150 valence electrons. The quantitative estimate of drug-likeness (QED) is 0.600. The van der Waals surface area contributed by atoms with E-state index in [1.54, 1.807) is 56.3 Å². The number of aryl methyl sites for hydroxylation is 1. The smallest absolute Gasteiger partial charge is 0.330 e. The van der Waals surface area contributed by atoms with E-state index < -0.39 is 36.5 Å². The molecule has 7 nitrogen and oxygen atoms in total. The first-order valence-electron chi connectivity index (χ1n) is 9.29. The summed E-state index contributed by atoms with van der Waals surface area (Å²) in [6.07, 6.45) is 0. The topological polar surface area (TPSA) is 92.8 Å². The molecule has 0 fully saturated rings. The van der Waals surface area contributed by atoms with E-state index in [1.807, 2.05) is 13.0 Å². The van der Waals surface area contributed by atoms with Crippen molar-refractivity contribution in [3.05, 3.63) is 70.8 Å². The van der Waals surface area contributed by atoms with E-state index in [-0.39, 0.29) is 17.0 Å². The van der Waals surface area contributed by atoms with E-state index in [2.05, 4.69) is 5.32 Å². The number of nitrogens with zero attached hydrogens (tertiary/aromatic N) is 1. The Morgan fingerprint density at radius 2 is 1.62 bits per heavy atom. The maximum absolute atomic E-state index is 12.6. The molecule has 0 aromatic heterocycles. The lowest BCUT2D eigenvalue weighted by Crippen LogP contribution is -2.46. The number of nitrogens with one attached hydrogen (secondary N) is 1. The number of benzene rings is 2. The van der Waals surface area contributed by atoms with Crippen LogP contribution in [0.3, 0.4) is 0 Å². The van der Waals surface area contributed by atoms with Gasteiger partial charge >= 0.3 is 5.97 Å². The van der Waals surface area contributed by atoms with Crippen LogP contribution in [0.2, 0.25) is 0 Å². The van der Waals surface area contributed by atoms with Gasteiger partial charge in [-0.2, -0.15) is 0 Å². The number of amides is 3. The average molecular weight is 394 g/mol. The van der Waals surface area contributed by atoms with E-state index in [0.717, 1.165) is 10.5 Å². The number of hydrogen-bond donors (Lipinski definition) is 1. The Morgan fingerprint density at radius 1 is 1.00 bits per heavy atom. The zero-order chi connectivity index (χ0) is 21.1. The van der Waals surface area contributed by atoms with Crippen molar-refractivity contribution in [1.82, 2.24) is 10.2 Å². The normalized spacial score (nSPS) is 14.0. The summed E-state index contributed by atoms with van der Waals surface area (Å²) in [4.78, 5) is 50.7. The van der Waals surface area contributed by atoms with Crippen LogP contribution in [0.4, 0.5) is 0 Å². The van der Waals surface area contributed by atoms with Crippen molar-refractivity contribution in [3.63, 3.8) is 0 Å². The fourth-order valence-corrected chi connectivity index (χ4v) is 3.08. The van der Waals surface area contributed by atoms with Crippen LogP contribution in [0.15, 0.2) is 48.5 Å². The molecule has 0 unspecified atom stereocenters. The predicted molar refractivity (Wildman–Crippen MR) is 105 cm³/mol. The fourth-order valence-electron chi connectivity index (χ4n) is 3.08. The van der Waals surface area contributed by atoms with Crippen molar-refractivity contribution in [2.24, 2.45) is 5.92 Å². The first kappa shape index (κ1) is 20.3. The molecule has 0 saturated carbocycles. The summed E-state index contributed by atoms with van der Waals surface area (Å²) in [7, 11) is 0. The lowest BCUT2D eigenvalue weighted by molar-refractivity contribution is -0.149. The summed E-state index contributed by atoms with van der Waals surface area (Å²) < 4.78 is 5.21. The van der Waals surface area contributed by atoms with Gasteiger partial charge in [0.05, 0.1) is 11.1 Å². The van der Waals surface area contributed by atoms with Gasteiger partial charge in [-0.3, -0.25) is 14.4 Å². The van der Waals surface area contributed by atoms with Crippen molar-refractivity contribution < 1.29 is 23.9 Å². The number of rotatable bonds is 6. The highest BCUT2D eigenvalue weighted by molar-refractivity contribution is 6.21. The first-order valence-corrected chi connectivity index (χ1v) is 9.29. The molecule has 3 rings (SSSR count). The molecule has 1 N–H and O–H groups in total. The summed E-state index contributed by atoms with van der Waals surface area (Å²) in [5.41, 5.74) is 1.92. The third-order valence-corrected chi connectivity index (χ3v) is 4.70. The molecule has 1 aliphatic heterocycles. The molecule has 0 spiro atoms. The van der Waals surface area contributed by atoms with Crippen molar-refractivity contribution in [2.75, 3.05) is 6.73 Å². The van der Waals surface area contributed by atoms with E-state index in [1.165, 1.54) is 0 Å². The second kappa shape index (κ2) is 8.26. The second-order valence-corrected chi connectivity index (χ2v) is 7.24. The minimum Gasteiger partial charge on any atom is -0.442 e. The minimum absolute atomic E-state index is 0.251. The summed E-state index contributed by atoms with van der Waals surface area (Å²) in [6, 6.07) is 12.5. The van der Waals surface area contributed by atoms with E-state index in [9.17, 15) is 19.2 Å². The molecule has 1 atom stereocenters. The standard InChI is InChI=1S/C22H22N2O5/c1-13(2)18(23-19(25)15-8-6-7-14(3)11-15)22(28)29-12-24-20(26)16-9-4-5-10-17(16)21(24)27/h4-11,13,18H,12H2,1-3H3,(H,23,25)/t18-/m0/s1.